The van der Waals surface area contributed by atoms with Crippen LogP contribution >= 0.6 is 0 Å². The van der Waals surface area contributed by atoms with E-state index >= 15 is 0 Å². The highest BCUT2D eigenvalue weighted by atomic mass is 16.1. The summed E-state index contributed by atoms with van der Waals surface area (Å²) < 4.78 is 1.69. The molecule has 0 fully saturated rings. The second kappa shape index (κ2) is 6.81. The summed E-state index contributed by atoms with van der Waals surface area (Å²) in [5.74, 6) is 0.0223. The van der Waals surface area contributed by atoms with Crippen LogP contribution in [-0.2, 0) is 11.3 Å². The first-order valence-corrected chi connectivity index (χ1v) is 6.57. The highest BCUT2D eigenvalue weighted by Crippen LogP contribution is 2.08. The second-order valence-corrected chi connectivity index (χ2v) is 4.68. The monoisotopic (exact) mass is 273 g/mol. The zero-order valence-corrected chi connectivity index (χ0v) is 11.7. The lowest BCUT2D eigenvalue weighted by Crippen LogP contribution is -2.33. The van der Waals surface area contributed by atoms with Crippen molar-refractivity contribution >= 4 is 5.91 Å². The van der Waals surface area contributed by atoms with E-state index in [0.29, 0.717) is 13.1 Å². The van der Waals surface area contributed by atoms with Crippen molar-refractivity contribution in [2.45, 2.75) is 13.5 Å². The summed E-state index contributed by atoms with van der Waals surface area (Å²) in [6.45, 7) is 3.11. The van der Waals surface area contributed by atoms with Gasteiger partial charge in [0, 0.05) is 19.0 Å². The Bertz CT molecular complexity index is 535. The Morgan fingerprint density at radius 2 is 2.10 bits per heavy atom. The highest BCUT2D eigenvalue weighted by molar-refractivity contribution is 5.78. The molecule has 0 aliphatic carbocycles. The van der Waals surface area contributed by atoms with Crippen LogP contribution in [0.4, 0.5) is 0 Å². The van der Waals surface area contributed by atoms with E-state index in [2.05, 4.69) is 20.7 Å². The molecular weight excluding hydrogens is 254 g/mol. The maximum atomic E-state index is 11.8. The van der Waals surface area contributed by atoms with E-state index in [1.165, 1.54) is 6.33 Å². The van der Waals surface area contributed by atoms with Crippen molar-refractivity contribution in [3.8, 4) is 5.69 Å². The van der Waals surface area contributed by atoms with E-state index in [-0.39, 0.29) is 11.8 Å². The molecule has 0 aliphatic rings. The molecule has 6 heteroatoms. The zero-order valence-electron chi connectivity index (χ0n) is 11.7. The molecule has 0 saturated heterocycles. The average Bonchev–Trinajstić information content (AvgIpc) is 2.99. The van der Waals surface area contributed by atoms with Crippen molar-refractivity contribution in [3.63, 3.8) is 0 Å². The Labute approximate surface area is 118 Å². The summed E-state index contributed by atoms with van der Waals surface area (Å²) in [5.41, 5.74) is 2.00. The Morgan fingerprint density at radius 1 is 1.35 bits per heavy atom. The number of amides is 1. The van der Waals surface area contributed by atoms with E-state index in [4.69, 9.17) is 0 Å². The number of rotatable bonds is 6. The zero-order chi connectivity index (χ0) is 14.4. The van der Waals surface area contributed by atoms with Crippen LogP contribution in [-0.4, -0.2) is 34.3 Å². The summed E-state index contributed by atoms with van der Waals surface area (Å²) in [6, 6.07) is 7.85. The van der Waals surface area contributed by atoms with Gasteiger partial charge in [-0.1, -0.05) is 19.1 Å². The molecule has 106 valence electrons. The summed E-state index contributed by atoms with van der Waals surface area (Å²) in [6.07, 6.45) is 3.15. The summed E-state index contributed by atoms with van der Waals surface area (Å²) in [7, 11) is 1.84. The predicted octanol–water partition coefficient (Wildman–Crippen LogP) is 0.739. The van der Waals surface area contributed by atoms with Crippen LogP contribution in [0.15, 0.2) is 36.9 Å². The number of carbonyl (C=O) groups excluding carboxylic acids is 1. The predicted molar refractivity (Wildman–Crippen MR) is 76.3 cm³/mol. The largest absolute Gasteiger partial charge is 0.352 e. The number of nitrogens with one attached hydrogen (secondary N) is 2. The number of nitrogens with zero attached hydrogens (tertiary/aromatic N) is 3. The van der Waals surface area contributed by atoms with Gasteiger partial charge in [-0.2, -0.15) is 5.10 Å². The van der Waals surface area contributed by atoms with Gasteiger partial charge in [-0.25, -0.2) is 9.67 Å². The number of carbonyl (C=O) groups is 1. The fourth-order valence-electron chi connectivity index (χ4n) is 1.87. The lowest BCUT2D eigenvalue weighted by Gasteiger charge is -2.11. The molecule has 0 radical (unpaired) electrons. The van der Waals surface area contributed by atoms with Crippen molar-refractivity contribution in [3.05, 3.63) is 42.5 Å². The third-order valence-electron chi connectivity index (χ3n) is 3.04. The van der Waals surface area contributed by atoms with Gasteiger partial charge in [0.25, 0.3) is 0 Å². The number of aromatic nitrogens is 3. The van der Waals surface area contributed by atoms with Crippen LogP contribution in [0.1, 0.15) is 12.5 Å². The van der Waals surface area contributed by atoms with Gasteiger partial charge in [0.15, 0.2) is 0 Å². The quantitative estimate of drug-likeness (QED) is 0.814. The minimum atomic E-state index is -0.0329. The molecule has 2 N–H and O–H groups in total. The van der Waals surface area contributed by atoms with Crippen LogP contribution in [0.2, 0.25) is 0 Å². The molecule has 2 aromatic rings. The third-order valence-corrected chi connectivity index (χ3v) is 3.04. The Balaban J connectivity index is 1.90. The molecule has 0 saturated carbocycles. The average molecular weight is 273 g/mol. The molecule has 1 heterocycles. The third kappa shape index (κ3) is 3.64. The fourth-order valence-corrected chi connectivity index (χ4v) is 1.87. The molecule has 2 rings (SSSR count). The first-order valence-electron chi connectivity index (χ1n) is 6.57. The van der Waals surface area contributed by atoms with Crippen molar-refractivity contribution < 1.29 is 4.79 Å². The molecule has 0 aliphatic heterocycles. The number of hydrogen-bond acceptors (Lipinski definition) is 4. The molecule has 1 aromatic heterocycles. The van der Waals surface area contributed by atoms with Crippen LogP contribution in [0, 0.1) is 5.92 Å². The SMILES string of the molecule is CNCC(C)C(=O)NCc1ccc(-n2cncn2)cc1. The minimum absolute atomic E-state index is 0.0329. The summed E-state index contributed by atoms with van der Waals surface area (Å²) >= 11 is 0. The lowest BCUT2D eigenvalue weighted by atomic mass is 10.1. The van der Waals surface area contributed by atoms with Gasteiger partial charge < -0.3 is 10.6 Å². The fraction of sp³-hybridized carbons (Fsp3) is 0.357. The molecule has 0 spiro atoms. The first-order chi connectivity index (χ1) is 9.70. The van der Waals surface area contributed by atoms with Gasteiger partial charge >= 0.3 is 0 Å². The van der Waals surface area contributed by atoms with Crippen LogP contribution in [0.3, 0.4) is 0 Å². The van der Waals surface area contributed by atoms with Gasteiger partial charge in [0.2, 0.25) is 5.91 Å². The van der Waals surface area contributed by atoms with Crippen molar-refractivity contribution in [1.82, 2.24) is 25.4 Å². The first kappa shape index (κ1) is 14.2. The van der Waals surface area contributed by atoms with E-state index in [1.807, 2.05) is 38.2 Å². The molecule has 1 unspecified atom stereocenters. The minimum Gasteiger partial charge on any atom is -0.352 e. The van der Waals surface area contributed by atoms with Crippen molar-refractivity contribution in [2.24, 2.45) is 5.92 Å². The maximum Gasteiger partial charge on any atom is 0.224 e. The van der Waals surface area contributed by atoms with E-state index in [9.17, 15) is 4.79 Å². The summed E-state index contributed by atoms with van der Waals surface area (Å²) in [5, 5.41) is 9.98. The Kier molecular flexibility index (Phi) is 4.84. The van der Waals surface area contributed by atoms with Crippen LogP contribution in [0.5, 0.6) is 0 Å². The molecule has 1 aromatic carbocycles. The Morgan fingerprint density at radius 3 is 2.70 bits per heavy atom. The maximum absolute atomic E-state index is 11.8. The van der Waals surface area contributed by atoms with Gasteiger partial charge in [0.1, 0.15) is 12.7 Å². The van der Waals surface area contributed by atoms with E-state index in [0.717, 1.165) is 11.3 Å². The second-order valence-electron chi connectivity index (χ2n) is 4.68. The molecule has 20 heavy (non-hydrogen) atoms. The van der Waals surface area contributed by atoms with Crippen molar-refractivity contribution in [2.75, 3.05) is 13.6 Å². The molecule has 0 bridgehead atoms. The molecule has 6 nitrogen and oxygen atoms in total. The normalized spacial score (nSPS) is 12.1. The van der Waals surface area contributed by atoms with Crippen LogP contribution in [0.25, 0.3) is 5.69 Å². The summed E-state index contributed by atoms with van der Waals surface area (Å²) in [4.78, 5) is 15.7. The topological polar surface area (TPSA) is 71.8 Å². The lowest BCUT2D eigenvalue weighted by molar-refractivity contribution is -0.124. The smallest absolute Gasteiger partial charge is 0.224 e. The molecule has 1 amide bonds. The highest BCUT2D eigenvalue weighted by Gasteiger charge is 2.10. The van der Waals surface area contributed by atoms with E-state index in [1.54, 1.807) is 11.0 Å². The van der Waals surface area contributed by atoms with E-state index < -0.39 is 0 Å². The van der Waals surface area contributed by atoms with Gasteiger partial charge in [-0.05, 0) is 24.7 Å². The van der Waals surface area contributed by atoms with Gasteiger partial charge in [-0.3, -0.25) is 4.79 Å². The molecular formula is C14H19N5O. The standard InChI is InChI=1S/C14H19N5O/c1-11(7-15-2)14(20)17-8-12-3-5-13(6-4-12)19-10-16-9-18-19/h3-6,9-11,15H,7-8H2,1-2H3,(H,17,20). The number of hydrogen-bond donors (Lipinski definition) is 2. The number of benzene rings is 1. The molecule has 1 atom stereocenters. The van der Waals surface area contributed by atoms with Crippen LogP contribution < -0.4 is 10.6 Å². The Hall–Kier alpha value is -2.21. The van der Waals surface area contributed by atoms with Crippen molar-refractivity contribution in [1.29, 1.82) is 0 Å². The van der Waals surface area contributed by atoms with Gasteiger partial charge in [-0.15, -0.1) is 0 Å². The van der Waals surface area contributed by atoms with Gasteiger partial charge in [0.05, 0.1) is 5.69 Å².